The fraction of sp³-hybridized carbons (Fsp3) is 0.480. The highest BCUT2D eigenvalue weighted by Crippen LogP contribution is 2.48. The third-order valence-corrected chi connectivity index (χ3v) is 7.61. The number of aliphatic hydroxyl groups is 1. The predicted octanol–water partition coefficient (Wildman–Crippen LogP) is 5.41. The SMILES string of the molecule is CCCCCCP(=O)(O)C(CCC(O)OCc1ccccc1)NC(=O)OCc1ccccc1. The van der Waals surface area contributed by atoms with Crippen LogP contribution in [0.25, 0.3) is 0 Å². The summed E-state index contributed by atoms with van der Waals surface area (Å²) in [5.41, 5.74) is 1.74. The number of hydrogen-bond acceptors (Lipinski definition) is 5. The number of aliphatic hydroxyl groups excluding tert-OH is 1. The number of benzene rings is 2. The van der Waals surface area contributed by atoms with Crippen molar-refractivity contribution >= 4 is 13.5 Å². The van der Waals surface area contributed by atoms with Gasteiger partial charge in [0.25, 0.3) is 0 Å². The van der Waals surface area contributed by atoms with Crippen molar-refractivity contribution in [1.82, 2.24) is 5.32 Å². The van der Waals surface area contributed by atoms with Gasteiger partial charge in [-0.05, 0) is 24.0 Å². The first kappa shape index (κ1) is 27.1. The van der Waals surface area contributed by atoms with Crippen LogP contribution in [0.3, 0.4) is 0 Å². The molecule has 8 heteroatoms. The van der Waals surface area contributed by atoms with Crippen LogP contribution in [0.15, 0.2) is 60.7 Å². The first-order valence-corrected chi connectivity index (χ1v) is 13.4. The Morgan fingerprint density at radius 1 is 0.939 bits per heavy atom. The Kier molecular flexibility index (Phi) is 12.2. The van der Waals surface area contributed by atoms with Crippen LogP contribution >= 0.6 is 7.37 Å². The molecule has 0 heterocycles. The lowest BCUT2D eigenvalue weighted by Crippen LogP contribution is -2.36. The molecule has 0 radical (unpaired) electrons. The maximum absolute atomic E-state index is 13.0. The second kappa shape index (κ2) is 14.9. The van der Waals surface area contributed by atoms with E-state index in [1.165, 1.54) is 0 Å². The molecule has 0 aliphatic carbocycles. The van der Waals surface area contributed by atoms with Crippen LogP contribution < -0.4 is 5.32 Å². The molecule has 1 amide bonds. The third-order valence-electron chi connectivity index (χ3n) is 5.29. The van der Waals surface area contributed by atoms with E-state index in [2.05, 4.69) is 12.2 Å². The number of carbonyl (C=O) groups is 1. The smallest absolute Gasteiger partial charge is 0.408 e. The fourth-order valence-electron chi connectivity index (χ4n) is 3.35. The number of rotatable bonds is 15. The maximum Gasteiger partial charge on any atom is 0.408 e. The first-order chi connectivity index (χ1) is 15.9. The summed E-state index contributed by atoms with van der Waals surface area (Å²) >= 11 is 0. The van der Waals surface area contributed by atoms with E-state index in [4.69, 9.17) is 9.47 Å². The normalized spacial score (nSPS) is 14.8. The summed E-state index contributed by atoms with van der Waals surface area (Å²) in [5, 5.41) is 12.8. The van der Waals surface area contributed by atoms with E-state index in [1.54, 1.807) is 0 Å². The summed E-state index contributed by atoms with van der Waals surface area (Å²) in [6, 6.07) is 18.6. The van der Waals surface area contributed by atoms with Crippen molar-refractivity contribution in [2.45, 2.75) is 70.7 Å². The second-order valence-electron chi connectivity index (χ2n) is 8.09. The van der Waals surface area contributed by atoms with Gasteiger partial charge in [-0.15, -0.1) is 0 Å². The second-order valence-corrected chi connectivity index (χ2v) is 10.7. The van der Waals surface area contributed by atoms with Crippen LogP contribution in [0.2, 0.25) is 0 Å². The molecule has 3 unspecified atom stereocenters. The number of carbonyl (C=O) groups excluding carboxylic acids is 1. The number of alkyl carbamates (subject to hydrolysis) is 1. The number of nitrogens with one attached hydrogen (secondary N) is 1. The van der Waals surface area contributed by atoms with Crippen LogP contribution in [0.4, 0.5) is 4.79 Å². The highest BCUT2D eigenvalue weighted by Gasteiger charge is 2.32. The molecule has 0 saturated carbocycles. The highest BCUT2D eigenvalue weighted by molar-refractivity contribution is 7.58. The van der Waals surface area contributed by atoms with Crippen LogP contribution in [-0.4, -0.2) is 34.3 Å². The molecular formula is C25H36NO6P. The molecule has 0 aromatic heterocycles. The fourth-order valence-corrected chi connectivity index (χ4v) is 5.20. The third kappa shape index (κ3) is 11.0. The number of hydrogen-bond donors (Lipinski definition) is 3. The number of ether oxygens (including phenoxy) is 2. The molecule has 182 valence electrons. The van der Waals surface area contributed by atoms with Gasteiger partial charge in [-0.3, -0.25) is 4.57 Å². The van der Waals surface area contributed by atoms with Crippen molar-refractivity contribution < 1.29 is 28.8 Å². The van der Waals surface area contributed by atoms with E-state index in [0.29, 0.717) is 6.42 Å². The minimum atomic E-state index is -3.70. The zero-order chi connectivity index (χ0) is 23.9. The van der Waals surface area contributed by atoms with E-state index in [1.807, 2.05) is 60.7 Å². The molecule has 0 bridgehead atoms. The zero-order valence-electron chi connectivity index (χ0n) is 19.3. The lowest BCUT2D eigenvalue weighted by atomic mass is 10.2. The van der Waals surface area contributed by atoms with Gasteiger partial charge in [0.15, 0.2) is 6.29 Å². The van der Waals surface area contributed by atoms with E-state index >= 15 is 0 Å². The average molecular weight is 478 g/mol. The number of amides is 1. The molecule has 0 aliphatic rings. The van der Waals surface area contributed by atoms with E-state index in [-0.39, 0.29) is 32.2 Å². The van der Waals surface area contributed by atoms with Gasteiger partial charge in [-0.2, -0.15) is 0 Å². The standard InChI is InChI=1S/C25H36NO6P/c1-2-3-4-11-18-33(29,30)23(26-25(28)32-20-22-14-9-6-10-15-22)16-17-24(27)31-19-21-12-7-5-8-13-21/h5-10,12-15,23-24,27H,2-4,11,16-20H2,1H3,(H,26,28)(H,29,30). The summed E-state index contributed by atoms with van der Waals surface area (Å²) in [7, 11) is -3.70. The molecular weight excluding hydrogens is 441 g/mol. The molecule has 0 fully saturated rings. The largest absolute Gasteiger partial charge is 0.445 e. The van der Waals surface area contributed by atoms with Gasteiger partial charge in [-0.25, -0.2) is 4.79 Å². The molecule has 0 aliphatic heterocycles. The van der Waals surface area contributed by atoms with Crippen LogP contribution in [-0.2, 0) is 27.3 Å². The van der Waals surface area contributed by atoms with Crippen molar-refractivity contribution in [1.29, 1.82) is 0 Å². The Morgan fingerprint density at radius 2 is 1.55 bits per heavy atom. The molecule has 3 atom stereocenters. The molecule has 7 nitrogen and oxygen atoms in total. The Balaban J connectivity index is 1.90. The summed E-state index contributed by atoms with van der Waals surface area (Å²) in [6.45, 7) is 2.37. The van der Waals surface area contributed by atoms with E-state index in [9.17, 15) is 19.4 Å². The van der Waals surface area contributed by atoms with Crippen molar-refractivity contribution in [3.05, 3.63) is 71.8 Å². The summed E-state index contributed by atoms with van der Waals surface area (Å²) in [6.07, 6.45) is 1.91. The Morgan fingerprint density at radius 3 is 2.15 bits per heavy atom. The molecule has 33 heavy (non-hydrogen) atoms. The first-order valence-electron chi connectivity index (χ1n) is 11.5. The molecule has 0 saturated heterocycles. The molecule has 2 aromatic rings. The van der Waals surface area contributed by atoms with Crippen molar-refractivity contribution in [3.8, 4) is 0 Å². The summed E-state index contributed by atoms with van der Waals surface area (Å²) in [4.78, 5) is 23.0. The predicted molar refractivity (Wildman–Crippen MR) is 129 cm³/mol. The zero-order valence-corrected chi connectivity index (χ0v) is 20.2. The summed E-state index contributed by atoms with van der Waals surface area (Å²) < 4.78 is 23.7. The number of unbranched alkanes of at least 4 members (excludes halogenated alkanes) is 3. The van der Waals surface area contributed by atoms with Crippen molar-refractivity contribution in [2.75, 3.05) is 6.16 Å². The Bertz CT molecular complexity index is 848. The average Bonchev–Trinajstić information content (AvgIpc) is 2.83. The van der Waals surface area contributed by atoms with Gasteiger partial charge in [0.1, 0.15) is 12.4 Å². The Hall–Kier alpha value is -2.18. The minimum absolute atomic E-state index is 0.0639. The quantitative estimate of drug-likeness (QED) is 0.180. The molecule has 2 rings (SSSR count). The molecule has 3 N–H and O–H groups in total. The lowest BCUT2D eigenvalue weighted by Gasteiger charge is -2.25. The summed E-state index contributed by atoms with van der Waals surface area (Å²) in [5.74, 6) is -1.02. The van der Waals surface area contributed by atoms with Gasteiger partial charge in [-0.1, -0.05) is 86.8 Å². The van der Waals surface area contributed by atoms with Crippen LogP contribution in [0.5, 0.6) is 0 Å². The van der Waals surface area contributed by atoms with Gasteiger partial charge in [0.2, 0.25) is 7.37 Å². The topological polar surface area (TPSA) is 105 Å². The van der Waals surface area contributed by atoms with Gasteiger partial charge < -0.3 is 24.8 Å². The van der Waals surface area contributed by atoms with Gasteiger partial charge in [0.05, 0.1) is 6.61 Å². The van der Waals surface area contributed by atoms with Gasteiger partial charge in [0, 0.05) is 12.6 Å². The highest BCUT2D eigenvalue weighted by atomic mass is 31.2. The minimum Gasteiger partial charge on any atom is -0.445 e. The van der Waals surface area contributed by atoms with Crippen LogP contribution in [0.1, 0.15) is 56.6 Å². The maximum atomic E-state index is 13.0. The van der Waals surface area contributed by atoms with E-state index < -0.39 is 25.5 Å². The van der Waals surface area contributed by atoms with Gasteiger partial charge >= 0.3 is 6.09 Å². The van der Waals surface area contributed by atoms with Crippen LogP contribution in [0, 0.1) is 0 Å². The monoisotopic (exact) mass is 477 g/mol. The Labute approximate surface area is 196 Å². The van der Waals surface area contributed by atoms with E-state index in [0.717, 1.165) is 30.4 Å². The van der Waals surface area contributed by atoms with Crippen molar-refractivity contribution in [3.63, 3.8) is 0 Å². The molecule has 2 aromatic carbocycles. The molecule has 0 spiro atoms. The van der Waals surface area contributed by atoms with Crippen molar-refractivity contribution in [2.24, 2.45) is 0 Å². The lowest BCUT2D eigenvalue weighted by molar-refractivity contribution is -0.112.